The highest BCUT2D eigenvalue weighted by Gasteiger charge is 2.15. The van der Waals surface area contributed by atoms with Gasteiger partial charge in [-0.05, 0) is 26.0 Å². The Kier molecular flexibility index (Phi) is 11.0. The Morgan fingerprint density at radius 2 is 1.86 bits per heavy atom. The minimum Gasteiger partial charge on any atom is -0.493 e. The van der Waals surface area contributed by atoms with Gasteiger partial charge < -0.3 is 24.8 Å². The number of nitrogens with one attached hydrogen (secondary N) is 2. The fourth-order valence-electron chi connectivity index (χ4n) is 2.63. The molecule has 0 aliphatic carbocycles. The topological polar surface area (TPSA) is 77.0 Å². The number of hydrogen-bond acceptors (Lipinski definition) is 6. The highest BCUT2D eigenvalue weighted by Crippen LogP contribution is 2.39. The van der Waals surface area contributed by atoms with Crippen LogP contribution in [0.15, 0.2) is 22.5 Å². The monoisotopic (exact) mass is 520 g/mol. The molecule has 0 unspecified atom stereocenters. The molecular weight excluding hydrogens is 491 g/mol. The van der Waals surface area contributed by atoms with Crippen LogP contribution < -0.4 is 24.8 Å². The van der Waals surface area contributed by atoms with Crippen LogP contribution in [0.25, 0.3) is 0 Å². The van der Waals surface area contributed by atoms with Crippen molar-refractivity contribution in [3.63, 3.8) is 0 Å². The molecule has 2 aromatic rings. The fraction of sp³-hybridized carbons (Fsp3) is 0.474. The minimum atomic E-state index is 0. The van der Waals surface area contributed by atoms with Crippen LogP contribution in [-0.2, 0) is 13.0 Å². The summed E-state index contributed by atoms with van der Waals surface area (Å²) < 4.78 is 16.3. The summed E-state index contributed by atoms with van der Waals surface area (Å²) in [6.07, 6.45) is 0.856. The number of thiazole rings is 1. The third-order valence-corrected chi connectivity index (χ3v) is 4.70. The second-order valence-electron chi connectivity index (χ2n) is 5.72. The summed E-state index contributed by atoms with van der Waals surface area (Å²) in [4.78, 5) is 9.14. The Hall–Kier alpha value is -1.75. The molecule has 2 N–H and O–H groups in total. The molecule has 0 atom stereocenters. The largest absolute Gasteiger partial charge is 0.493 e. The molecule has 1 heterocycles. The molecule has 156 valence electrons. The summed E-state index contributed by atoms with van der Waals surface area (Å²) in [6, 6.07) is 3.79. The van der Waals surface area contributed by atoms with Gasteiger partial charge in [0.2, 0.25) is 5.75 Å². The SMILES string of the molecule is CCNC(=NCc1ccc(OC)c(OC)c1OC)NCCc1csc(C)n1.I. The Bertz CT molecular complexity index is 768. The van der Waals surface area contributed by atoms with Crippen molar-refractivity contribution in [3.8, 4) is 17.2 Å². The molecule has 28 heavy (non-hydrogen) atoms. The van der Waals surface area contributed by atoms with E-state index in [4.69, 9.17) is 14.2 Å². The van der Waals surface area contributed by atoms with E-state index in [1.54, 1.807) is 32.7 Å². The van der Waals surface area contributed by atoms with E-state index in [2.05, 4.69) is 26.0 Å². The van der Waals surface area contributed by atoms with Crippen LogP contribution in [0.3, 0.4) is 0 Å². The number of hydrogen-bond donors (Lipinski definition) is 2. The second kappa shape index (κ2) is 12.7. The number of benzene rings is 1. The molecule has 0 saturated heterocycles. The van der Waals surface area contributed by atoms with Gasteiger partial charge in [0.05, 0.1) is 38.6 Å². The van der Waals surface area contributed by atoms with Gasteiger partial charge >= 0.3 is 0 Å². The van der Waals surface area contributed by atoms with Crippen LogP contribution in [0.5, 0.6) is 17.2 Å². The lowest BCUT2D eigenvalue weighted by molar-refractivity contribution is 0.322. The zero-order valence-corrected chi connectivity index (χ0v) is 20.1. The molecule has 1 aromatic carbocycles. The number of methoxy groups -OCH3 is 3. The predicted molar refractivity (Wildman–Crippen MR) is 125 cm³/mol. The Balaban J connectivity index is 0.00000392. The number of rotatable bonds is 9. The van der Waals surface area contributed by atoms with E-state index in [-0.39, 0.29) is 24.0 Å². The normalized spacial score (nSPS) is 10.8. The van der Waals surface area contributed by atoms with Gasteiger partial charge in [-0.15, -0.1) is 35.3 Å². The smallest absolute Gasteiger partial charge is 0.203 e. The lowest BCUT2D eigenvalue weighted by Crippen LogP contribution is -2.38. The third kappa shape index (κ3) is 6.69. The van der Waals surface area contributed by atoms with Crippen LogP contribution in [-0.4, -0.2) is 45.4 Å². The molecule has 1 aromatic heterocycles. The molecule has 0 amide bonds. The molecule has 2 rings (SSSR count). The van der Waals surface area contributed by atoms with Crippen LogP contribution in [0, 0.1) is 6.92 Å². The average Bonchev–Trinajstić information content (AvgIpc) is 3.10. The molecular formula is C19H29IN4O3S. The van der Waals surface area contributed by atoms with Crippen molar-refractivity contribution >= 4 is 41.3 Å². The maximum absolute atomic E-state index is 5.52. The number of ether oxygens (including phenoxy) is 3. The zero-order valence-electron chi connectivity index (χ0n) is 17.0. The van der Waals surface area contributed by atoms with Gasteiger partial charge in [0.15, 0.2) is 17.5 Å². The first-order valence-electron chi connectivity index (χ1n) is 8.83. The predicted octanol–water partition coefficient (Wildman–Crippen LogP) is 3.39. The Morgan fingerprint density at radius 3 is 2.43 bits per heavy atom. The number of aliphatic imine (C=N–C) groups is 1. The van der Waals surface area contributed by atoms with Crippen molar-refractivity contribution < 1.29 is 14.2 Å². The molecule has 0 bridgehead atoms. The van der Waals surface area contributed by atoms with Crippen LogP contribution in [0.2, 0.25) is 0 Å². The number of aryl methyl sites for hydroxylation is 1. The molecule has 7 nitrogen and oxygen atoms in total. The highest BCUT2D eigenvalue weighted by molar-refractivity contribution is 14.0. The van der Waals surface area contributed by atoms with Crippen molar-refractivity contribution in [3.05, 3.63) is 33.8 Å². The first kappa shape index (κ1) is 24.3. The van der Waals surface area contributed by atoms with Crippen LogP contribution in [0.1, 0.15) is 23.2 Å². The van der Waals surface area contributed by atoms with E-state index in [1.807, 2.05) is 26.0 Å². The summed E-state index contributed by atoms with van der Waals surface area (Å²) in [7, 11) is 4.81. The number of guanidine groups is 1. The Labute approximate surface area is 187 Å². The van der Waals surface area contributed by atoms with Gasteiger partial charge in [-0.3, -0.25) is 0 Å². The van der Waals surface area contributed by atoms with Gasteiger partial charge in [0.1, 0.15) is 0 Å². The molecule has 0 saturated carbocycles. The number of halogens is 1. The summed E-state index contributed by atoms with van der Waals surface area (Å²) in [5.74, 6) is 2.59. The first-order valence-corrected chi connectivity index (χ1v) is 9.71. The Morgan fingerprint density at radius 1 is 1.11 bits per heavy atom. The van der Waals surface area contributed by atoms with Gasteiger partial charge in [0, 0.05) is 30.5 Å². The maximum Gasteiger partial charge on any atom is 0.203 e. The second-order valence-corrected chi connectivity index (χ2v) is 6.79. The van der Waals surface area contributed by atoms with E-state index in [1.165, 1.54) is 0 Å². The minimum absolute atomic E-state index is 0. The van der Waals surface area contributed by atoms with E-state index in [9.17, 15) is 0 Å². The number of aromatic nitrogens is 1. The molecule has 0 aliphatic rings. The fourth-order valence-corrected chi connectivity index (χ4v) is 3.27. The van der Waals surface area contributed by atoms with Crippen molar-refractivity contribution in [1.82, 2.24) is 15.6 Å². The lowest BCUT2D eigenvalue weighted by atomic mass is 10.1. The first-order chi connectivity index (χ1) is 13.1. The molecule has 0 spiro atoms. The van der Waals surface area contributed by atoms with Crippen molar-refractivity contribution in [2.45, 2.75) is 26.8 Å². The summed E-state index contributed by atoms with van der Waals surface area (Å²) in [5.41, 5.74) is 2.02. The quantitative estimate of drug-likeness (QED) is 0.300. The molecule has 0 aliphatic heterocycles. The zero-order chi connectivity index (χ0) is 19.6. The standard InChI is InChI=1S/C19H28N4O3S.HI/c1-6-20-19(21-10-9-15-12-27-13(2)23-15)22-11-14-7-8-16(24-3)18(26-5)17(14)25-4;/h7-8,12H,6,9-11H2,1-5H3,(H2,20,21,22);1H. The summed E-state index contributed by atoms with van der Waals surface area (Å²) >= 11 is 1.67. The molecule has 9 heteroatoms. The summed E-state index contributed by atoms with van der Waals surface area (Å²) in [5, 5.41) is 9.78. The van der Waals surface area contributed by atoms with E-state index in [0.717, 1.165) is 41.7 Å². The van der Waals surface area contributed by atoms with E-state index in [0.29, 0.717) is 23.8 Å². The van der Waals surface area contributed by atoms with Gasteiger partial charge in [0.25, 0.3) is 0 Å². The van der Waals surface area contributed by atoms with Gasteiger partial charge in [-0.1, -0.05) is 0 Å². The highest BCUT2D eigenvalue weighted by atomic mass is 127. The van der Waals surface area contributed by atoms with E-state index >= 15 is 0 Å². The van der Waals surface area contributed by atoms with Crippen molar-refractivity contribution in [2.75, 3.05) is 34.4 Å². The lowest BCUT2D eigenvalue weighted by Gasteiger charge is -2.15. The maximum atomic E-state index is 5.52. The van der Waals surface area contributed by atoms with Crippen LogP contribution >= 0.6 is 35.3 Å². The average molecular weight is 520 g/mol. The molecule has 0 fully saturated rings. The third-order valence-electron chi connectivity index (χ3n) is 3.88. The molecule has 0 radical (unpaired) electrons. The summed E-state index contributed by atoms with van der Waals surface area (Å²) in [6.45, 7) is 6.05. The van der Waals surface area contributed by atoms with Gasteiger partial charge in [-0.25, -0.2) is 9.98 Å². The number of nitrogens with zero attached hydrogens (tertiary/aromatic N) is 2. The van der Waals surface area contributed by atoms with E-state index < -0.39 is 0 Å². The van der Waals surface area contributed by atoms with Crippen LogP contribution in [0.4, 0.5) is 0 Å². The van der Waals surface area contributed by atoms with Crippen molar-refractivity contribution in [2.24, 2.45) is 4.99 Å². The van der Waals surface area contributed by atoms with Gasteiger partial charge in [-0.2, -0.15) is 0 Å². The van der Waals surface area contributed by atoms with Crippen molar-refractivity contribution in [1.29, 1.82) is 0 Å².